The molecule has 1 heterocycles. The van der Waals surface area contributed by atoms with Crippen LogP contribution in [0.4, 0.5) is 5.69 Å². The predicted molar refractivity (Wildman–Crippen MR) is 71.7 cm³/mol. The van der Waals surface area contributed by atoms with Gasteiger partial charge in [-0.3, -0.25) is 0 Å². The summed E-state index contributed by atoms with van der Waals surface area (Å²) < 4.78 is 1.86. The fourth-order valence-electron chi connectivity index (χ4n) is 1.84. The van der Waals surface area contributed by atoms with Gasteiger partial charge in [-0.2, -0.15) is 0 Å². The largest absolute Gasteiger partial charge is 0.399 e. The van der Waals surface area contributed by atoms with E-state index in [1.54, 1.807) is 0 Å². The van der Waals surface area contributed by atoms with Crippen LogP contribution in [0.15, 0.2) is 24.3 Å². The number of nitrogens with zero attached hydrogens (tertiary/aromatic N) is 4. The summed E-state index contributed by atoms with van der Waals surface area (Å²) in [6.45, 7) is 5.30. The molecular formula is C13H19N5. The van der Waals surface area contributed by atoms with Crippen LogP contribution >= 0.6 is 0 Å². The smallest absolute Gasteiger partial charge is 0.182 e. The number of tetrazole rings is 1. The third-order valence-electron chi connectivity index (χ3n) is 2.85. The Labute approximate surface area is 107 Å². The molecule has 0 radical (unpaired) electrons. The van der Waals surface area contributed by atoms with Crippen molar-refractivity contribution < 1.29 is 0 Å². The highest BCUT2D eigenvalue weighted by Crippen LogP contribution is 2.18. The van der Waals surface area contributed by atoms with E-state index in [1.165, 1.54) is 6.42 Å². The Balaban J connectivity index is 2.10. The Hall–Kier alpha value is -1.91. The Kier molecular flexibility index (Phi) is 3.92. The van der Waals surface area contributed by atoms with Crippen molar-refractivity contribution in [2.24, 2.45) is 5.92 Å². The molecule has 0 spiro atoms. The summed E-state index contributed by atoms with van der Waals surface area (Å²) in [7, 11) is 0. The Morgan fingerprint density at radius 2 is 1.94 bits per heavy atom. The Morgan fingerprint density at radius 1 is 1.22 bits per heavy atom. The average molecular weight is 245 g/mol. The van der Waals surface area contributed by atoms with E-state index in [0.717, 1.165) is 30.0 Å². The summed E-state index contributed by atoms with van der Waals surface area (Å²) in [5.41, 5.74) is 7.42. The molecule has 0 fully saturated rings. The van der Waals surface area contributed by atoms with Crippen LogP contribution in [0.2, 0.25) is 0 Å². The molecule has 0 aliphatic rings. The molecule has 0 aliphatic heterocycles. The summed E-state index contributed by atoms with van der Waals surface area (Å²) in [6, 6.07) is 7.62. The van der Waals surface area contributed by atoms with E-state index >= 15 is 0 Å². The molecule has 2 rings (SSSR count). The van der Waals surface area contributed by atoms with Gasteiger partial charge in [0.2, 0.25) is 0 Å². The van der Waals surface area contributed by atoms with Crippen molar-refractivity contribution in [1.29, 1.82) is 0 Å². The van der Waals surface area contributed by atoms with Crippen molar-refractivity contribution in [3.05, 3.63) is 24.3 Å². The van der Waals surface area contributed by atoms with Crippen molar-refractivity contribution in [2.45, 2.75) is 33.2 Å². The third-order valence-corrected chi connectivity index (χ3v) is 2.85. The van der Waals surface area contributed by atoms with Gasteiger partial charge in [0.05, 0.1) is 0 Å². The molecule has 1 aromatic carbocycles. The molecule has 0 unspecified atom stereocenters. The normalized spacial score (nSPS) is 11.1. The predicted octanol–water partition coefficient (Wildman–Crippen LogP) is 2.36. The number of rotatable bonds is 5. The van der Waals surface area contributed by atoms with E-state index in [-0.39, 0.29) is 0 Å². The fourth-order valence-corrected chi connectivity index (χ4v) is 1.84. The van der Waals surface area contributed by atoms with E-state index in [4.69, 9.17) is 5.73 Å². The summed E-state index contributed by atoms with van der Waals surface area (Å²) in [5, 5.41) is 11.9. The molecule has 0 aliphatic carbocycles. The second-order valence-electron chi connectivity index (χ2n) is 4.88. The van der Waals surface area contributed by atoms with Gasteiger partial charge in [0.1, 0.15) is 0 Å². The zero-order chi connectivity index (χ0) is 13.0. The zero-order valence-electron chi connectivity index (χ0n) is 10.9. The van der Waals surface area contributed by atoms with Gasteiger partial charge in [-0.25, -0.2) is 4.68 Å². The maximum atomic E-state index is 5.67. The number of hydrogen-bond acceptors (Lipinski definition) is 4. The lowest BCUT2D eigenvalue weighted by Crippen LogP contribution is -2.04. The summed E-state index contributed by atoms with van der Waals surface area (Å²) >= 11 is 0. The van der Waals surface area contributed by atoms with Gasteiger partial charge >= 0.3 is 0 Å². The Bertz CT molecular complexity index is 486. The molecular weight excluding hydrogens is 226 g/mol. The minimum absolute atomic E-state index is 0.710. The number of hydrogen-bond donors (Lipinski definition) is 1. The number of aryl methyl sites for hydroxylation is 1. The second kappa shape index (κ2) is 5.62. The van der Waals surface area contributed by atoms with Gasteiger partial charge in [0, 0.05) is 17.8 Å². The fraction of sp³-hybridized carbons (Fsp3) is 0.462. The summed E-state index contributed by atoms with van der Waals surface area (Å²) in [4.78, 5) is 0. The molecule has 1 aromatic heterocycles. The van der Waals surface area contributed by atoms with Crippen LogP contribution in [0.3, 0.4) is 0 Å². The second-order valence-corrected chi connectivity index (χ2v) is 4.88. The highest BCUT2D eigenvalue weighted by Gasteiger charge is 2.08. The lowest BCUT2D eigenvalue weighted by atomic mass is 10.1. The monoisotopic (exact) mass is 245 g/mol. The van der Waals surface area contributed by atoms with Gasteiger partial charge in [-0.05, 0) is 53.5 Å². The maximum absolute atomic E-state index is 5.67. The molecule has 0 saturated carbocycles. The van der Waals surface area contributed by atoms with Gasteiger partial charge in [-0.15, -0.1) is 5.10 Å². The molecule has 2 aromatic rings. The minimum Gasteiger partial charge on any atom is -0.399 e. The van der Waals surface area contributed by atoms with Crippen molar-refractivity contribution in [1.82, 2.24) is 20.2 Å². The van der Waals surface area contributed by atoms with E-state index in [1.807, 2.05) is 28.9 Å². The van der Waals surface area contributed by atoms with Crippen LogP contribution in [0, 0.1) is 5.92 Å². The summed E-state index contributed by atoms with van der Waals surface area (Å²) in [5.74, 6) is 1.51. The highest BCUT2D eigenvalue weighted by atomic mass is 15.5. The van der Waals surface area contributed by atoms with Gasteiger partial charge < -0.3 is 5.73 Å². The van der Waals surface area contributed by atoms with Crippen LogP contribution in [-0.2, 0) is 6.54 Å². The van der Waals surface area contributed by atoms with Gasteiger partial charge in [-0.1, -0.05) is 13.8 Å². The highest BCUT2D eigenvalue weighted by molar-refractivity contribution is 5.58. The first-order valence-electron chi connectivity index (χ1n) is 6.29. The molecule has 2 N–H and O–H groups in total. The van der Waals surface area contributed by atoms with Crippen molar-refractivity contribution in [3.8, 4) is 11.4 Å². The average Bonchev–Trinajstić information content (AvgIpc) is 2.78. The van der Waals surface area contributed by atoms with Gasteiger partial charge in [0.15, 0.2) is 5.82 Å². The standard InChI is InChI=1S/C13H19N5/c1-10(2)4-3-9-18-13(15-16-17-18)11-5-7-12(14)8-6-11/h5-8,10H,3-4,9,14H2,1-2H3. The first kappa shape index (κ1) is 12.5. The number of nitrogen functional groups attached to an aromatic ring is 1. The first-order valence-corrected chi connectivity index (χ1v) is 6.29. The molecule has 5 nitrogen and oxygen atoms in total. The molecule has 0 bridgehead atoms. The number of nitrogens with two attached hydrogens (primary N) is 1. The van der Waals surface area contributed by atoms with E-state index < -0.39 is 0 Å². The number of anilines is 1. The van der Waals surface area contributed by atoms with E-state index in [2.05, 4.69) is 29.4 Å². The lowest BCUT2D eigenvalue weighted by Gasteiger charge is -2.06. The molecule has 0 saturated heterocycles. The third kappa shape index (κ3) is 3.06. The van der Waals surface area contributed by atoms with Crippen LogP contribution in [0.25, 0.3) is 11.4 Å². The number of aromatic nitrogens is 4. The van der Waals surface area contributed by atoms with E-state index in [0.29, 0.717) is 5.92 Å². The van der Waals surface area contributed by atoms with Crippen molar-refractivity contribution in [3.63, 3.8) is 0 Å². The lowest BCUT2D eigenvalue weighted by molar-refractivity contribution is 0.485. The van der Waals surface area contributed by atoms with Crippen molar-refractivity contribution in [2.75, 3.05) is 5.73 Å². The van der Waals surface area contributed by atoms with Crippen LogP contribution in [0.1, 0.15) is 26.7 Å². The molecule has 18 heavy (non-hydrogen) atoms. The minimum atomic E-state index is 0.710. The van der Waals surface area contributed by atoms with E-state index in [9.17, 15) is 0 Å². The first-order chi connectivity index (χ1) is 8.66. The molecule has 0 amide bonds. The van der Waals surface area contributed by atoms with Crippen LogP contribution in [0.5, 0.6) is 0 Å². The molecule has 0 atom stereocenters. The number of benzene rings is 1. The molecule has 96 valence electrons. The Morgan fingerprint density at radius 3 is 2.61 bits per heavy atom. The van der Waals surface area contributed by atoms with Crippen molar-refractivity contribution >= 4 is 5.69 Å². The molecule has 5 heteroatoms. The van der Waals surface area contributed by atoms with Crippen LogP contribution < -0.4 is 5.73 Å². The topological polar surface area (TPSA) is 69.6 Å². The van der Waals surface area contributed by atoms with Crippen LogP contribution in [-0.4, -0.2) is 20.2 Å². The summed E-state index contributed by atoms with van der Waals surface area (Å²) in [6.07, 6.45) is 2.27. The maximum Gasteiger partial charge on any atom is 0.182 e. The van der Waals surface area contributed by atoms with Gasteiger partial charge in [0.25, 0.3) is 0 Å². The SMILES string of the molecule is CC(C)CCCn1nnnc1-c1ccc(N)cc1. The zero-order valence-corrected chi connectivity index (χ0v) is 10.9. The quantitative estimate of drug-likeness (QED) is 0.821.